The molecule has 0 saturated heterocycles. The molecule has 0 aliphatic carbocycles. The lowest BCUT2D eigenvalue weighted by atomic mass is 10.0. The Balaban J connectivity index is 1.68. The number of halogens is 1. The van der Waals surface area contributed by atoms with Crippen LogP contribution in [0.15, 0.2) is 54.9 Å². The lowest BCUT2D eigenvalue weighted by molar-refractivity contribution is 0.0505. The second-order valence-electron chi connectivity index (χ2n) is 6.78. The number of nitrogens with one attached hydrogen (secondary N) is 1. The molecule has 7 heteroatoms. The van der Waals surface area contributed by atoms with E-state index in [0.717, 1.165) is 44.1 Å². The van der Waals surface area contributed by atoms with Crippen molar-refractivity contribution in [1.29, 1.82) is 0 Å². The molecule has 0 bridgehead atoms. The van der Waals surface area contributed by atoms with Gasteiger partial charge in [-0.05, 0) is 55.3 Å². The second kappa shape index (κ2) is 8.81. The van der Waals surface area contributed by atoms with Gasteiger partial charge in [-0.3, -0.25) is 0 Å². The van der Waals surface area contributed by atoms with Crippen molar-refractivity contribution in [3.8, 4) is 11.1 Å². The van der Waals surface area contributed by atoms with Gasteiger partial charge in [-0.25, -0.2) is 14.8 Å². The van der Waals surface area contributed by atoms with Crippen LogP contribution in [0.2, 0.25) is 5.02 Å². The molecule has 0 saturated carbocycles. The Hall–Kier alpha value is -2.96. The van der Waals surface area contributed by atoms with E-state index in [-0.39, 0.29) is 5.97 Å². The van der Waals surface area contributed by atoms with Crippen molar-refractivity contribution in [2.45, 2.75) is 20.3 Å². The van der Waals surface area contributed by atoms with Crippen LogP contribution in [-0.2, 0) is 4.74 Å². The number of nitrogens with zero attached hydrogens (tertiary/aromatic N) is 2. The molecule has 5 nitrogen and oxygen atoms in total. The SMILES string of the molecule is CCCOC(=O)c1ccc(Nc2ncnc3sc(C)c(-c4ccc(Cl)cc4)c23)cc1. The molecule has 0 amide bonds. The number of esters is 1. The Morgan fingerprint density at radius 3 is 2.53 bits per heavy atom. The predicted molar refractivity (Wildman–Crippen MR) is 123 cm³/mol. The minimum atomic E-state index is -0.314. The number of fused-ring (bicyclic) bond motifs is 1. The summed E-state index contributed by atoms with van der Waals surface area (Å²) in [4.78, 5) is 23.0. The maximum atomic E-state index is 12.0. The van der Waals surface area contributed by atoms with Crippen molar-refractivity contribution in [2.24, 2.45) is 0 Å². The van der Waals surface area contributed by atoms with Crippen molar-refractivity contribution in [2.75, 3.05) is 11.9 Å². The second-order valence-corrected chi connectivity index (χ2v) is 8.42. The van der Waals surface area contributed by atoms with E-state index in [2.05, 4.69) is 22.2 Å². The normalized spacial score (nSPS) is 10.9. The van der Waals surface area contributed by atoms with E-state index in [1.54, 1.807) is 29.8 Å². The number of rotatable bonds is 6. The Kier molecular flexibility index (Phi) is 5.97. The van der Waals surface area contributed by atoms with Gasteiger partial charge in [0.25, 0.3) is 0 Å². The predicted octanol–water partition coefficient (Wildman–Crippen LogP) is 6.63. The molecule has 2 aromatic carbocycles. The first-order chi connectivity index (χ1) is 14.6. The van der Waals surface area contributed by atoms with Crippen LogP contribution in [0.25, 0.3) is 21.3 Å². The molecule has 0 aliphatic heterocycles. The highest BCUT2D eigenvalue weighted by atomic mass is 35.5. The van der Waals surface area contributed by atoms with E-state index >= 15 is 0 Å². The van der Waals surface area contributed by atoms with Crippen LogP contribution >= 0.6 is 22.9 Å². The number of aryl methyl sites for hydroxylation is 1. The third kappa shape index (κ3) is 4.15. The lowest BCUT2D eigenvalue weighted by Gasteiger charge is -2.10. The van der Waals surface area contributed by atoms with Crippen molar-refractivity contribution in [1.82, 2.24) is 9.97 Å². The van der Waals surface area contributed by atoms with E-state index in [9.17, 15) is 4.79 Å². The van der Waals surface area contributed by atoms with Crippen LogP contribution in [0.5, 0.6) is 0 Å². The monoisotopic (exact) mass is 437 g/mol. The van der Waals surface area contributed by atoms with Crippen molar-refractivity contribution < 1.29 is 9.53 Å². The molecule has 0 unspecified atom stereocenters. The molecule has 0 spiro atoms. The average Bonchev–Trinajstić information content (AvgIpc) is 3.10. The van der Waals surface area contributed by atoms with Gasteiger partial charge in [0, 0.05) is 21.2 Å². The Bertz CT molecular complexity index is 1190. The van der Waals surface area contributed by atoms with Crippen LogP contribution in [0, 0.1) is 6.92 Å². The van der Waals surface area contributed by atoms with Crippen LogP contribution in [0.3, 0.4) is 0 Å². The van der Waals surface area contributed by atoms with Gasteiger partial charge in [0.1, 0.15) is 17.0 Å². The summed E-state index contributed by atoms with van der Waals surface area (Å²) in [6.45, 7) is 4.46. The summed E-state index contributed by atoms with van der Waals surface area (Å²) >= 11 is 7.70. The van der Waals surface area contributed by atoms with Crippen molar-refractivity contribution >= 4 is 50.6 Å². The molecule has 4 aromatic rings. The van der Waals surface area contributed by atoms with E-state index in [1.807, 2.05) is 43.3 Å². The summed E-state index contributed by atoms with van der Waals surface area (Å²) in [7, 11) is 0. The van der Waals surface area contributed by atoms with Crippen LogP contribution in [0.4, 0.5) is 11.5 Å². The maximum absolute atomic E-state index is 12.0. The van der Waals surface area contributed by atoms with Crippen LogP contribution < -0.4 is 5.32 Å². The lowest BCUT2D eigenvalue weighted by Crippen LogP contribution is -2.05. The fourth-order valence-electron chi connectivity index (χ4n) is 3.21. The summed E-state index contributed by atoms with van der Waals surface area (Å²) in [5.74, 6) is 0.405. The van der Waals surface area contributed by atoms with E-state index < -0.39 is 0 Å². The number of ether oxygens (including phenoxy) is 1. The highest BCUT2D eigenvalue weighted by Crippen LogP contribution is 2.41. The summed E-state index contributed by atoms with van der Waals surface area (Å²) in [5, 5.41) is 5.03. The molecule has 30 heavy (non-hydrogen) atoms. The first-order valence-corrected chi connectivity index (χ1v) is 10.8. The van der Waals surface area contributed by atoms with Crippen molar-refractivity contribution in [3.05, 3.63) is 70.3 Å². The summed E-state index contributed by atoms with van der Waals surface area (Å²) in [5.41, 5.74) is 3.51. The van der Waals surface area contributed by atoms with Gasteiger partial charge < -0.3 is 10.1 Å². The molecule has 0 atom stereocenters. The fourth-order valence-corrected chi connectivity index (χ4v) is 4.35. The van der Waals surface area contributed by atoms with Gasteiger partial charge in [0.15, 0.2) is 0 Å². The zero-order chi connectivity index (χ0) is 21.1. The van der Waals surface area contributed by atoms with Crippen LogP contribution in [-0.4, -0.2) is 22.5 Å². The summed E-state index contributed by atoms with van der Waals surface area (Å²) < 4.78 is 5.18. The molecule has 2 heterocycles. The number of carbonyl (C=O) groups excluding carboxylic acids is 1. The summed E-state index contributed by atoms with van der Waals surface area (Å²) in [6, 6.07) is 15.0. The molecule has 1 N–H and O–H groups in total. The Labute approximate surface area is 183 Å². The van der Waals surface area contributed by atoms with E-state index in [0.29, 0.717) is 17.2 Å². The standard InChI is InChI=1S/C23H20ClN3O2S/c1-3-12-29-23(28)16-6-10-18(11-7-16)27-21-20-19(15-4-8-17(24)9-5-15)14(2)30-22(20)26-13-25-21/h4-11,13H,3,12H2,1-2H3,(H,25,26,27). The molecule has 152 valence electrons. The van der Waals surface area contributed by atoms with Gasteiger partial charge in [-0.1, -0.05) is 30.7 Å². The zero-order valence-electron chi connectivity index (χ0n) is 16.6. The number of carbonyl (C=O) groups is 1. The molecule has 0 radical (unpaired) electrons. The molecule has 2 aromatic heterocycles. The van der Waals surface area contributed by atoms with E-state index in [4.69, 9.17) is 16.3 Å². The Morgan fingerprint density at radius 1 is 1.10 bits per heavy atom. The third-order valence-corrected chi connectivity index (χ3v) is 5.88. The number of thiophene rings is 1. The zero-order valence-corrected chi connectivity index (χ0v) is 18.2. The Morgan fingerprint density at radius 2 is 1.83 bits per heavy atom. The minimum Gasteiger partial charge on any atom is -0.462 e. The average molecular weight is 438 g/mol. The number of hydrogen-bond donors (Lipinski definition) is 1. The molecular formula is C23H20ClN3O2S. The van der Waals surface area contributed by atoms with Gasteiger partial charge >= 0.3 is 5.97 Å². The molecule has 0 fully saturated rings. The largest absolute Gasteiger partial charge is 0.462 e. The summed E-state index contributed by atoms with van der Waals surface area (Å²) in [6.07, 6.45) is 2.35. The van der Waals surface area contributed by atoms with Gasteiger partial charge in [0.05, 0.1) is 17.6 Å². The van der Waals surface area contributed by atoms with Gasteiger partial charge in [-0.2, -0.15) is 0 Å². The first kappa shape index (κ1) is 20.3. The highest BCUT2D eigenvalue weighted by molar-refractivity contribution is 7.19. The van der Waals surface area contributed by atoms with Gasteiger partial charge in [-0.15, -0.1) is 11.3 Å². The van der Waals surface area contributed by atoms with Gasteiger partial charge in [0.2, 0.25) is 0 Å². The highest BCUT2D eigenvalue weighted by Gasteiger charge is 2.17. The quantitative estimate of drug-likeness (QED) is 0.343. The molecule has 4 rings (SSSR count). The number of benzene rings is 2. The first-order valence-electron chi connectivity index (χ1n) is 9.61. The fraction of sp³-hybridized carbons (Fsp3) is 0.174. The van der Waals surface area contributed by atoms with Crippen LogP contribution in [0.1, 0.15) is 28.6 Å². The van der Waals surface area contributed by atoms with Crippen molar-refractivity contribution in [3.63, 3.8) is 0 Å². The molecular weight excluding hydrogens is 418 g/mol. The topological polar surface area (TPSA) is 64.1 Å². The maximum Gasteiger partial charge on any atom is 0.338 e. The molecule has 0 aliphatic rings. The third-order valence-electron chi connectivity index (χ3n) is 4.62. The number of anilines is 2. The minimum absolute atomic E-state index is 0.314. The number of aromatic nitrogens is 2. The smallest absolute Gasteiger partial charge is 0.338 e. The van der Waals surface area contributed by atoms with E-state index in [1.165, 1.54) is 0 Å². The number of hydrogen-bond acceptors (Lipinski definition) is 6.